The minimum absolute atomic E-state index is 0.0284. The predicted molar refractivity (Wildman–Crippen MR) is 87.2 cm³/mol. The zero-order chi connectivity index (χ0) is 17.6. The largest absolute Gasteiger partial charge is 0.504 e. The van der Waals surface area contributed by atoms with Gasteiger partial charge >= 0.3 is 0 Å². The fourth-order valence-electron chi connectivity index (χ4n) is 1.50. The number of aldehydes is 2. The summed E-state index contributed by atoms with van der Waals surface area (Å²) in [6.07, 6.45) is 0.944. The molecule has 0 aliphatic carbocycles. The first-order valence-electron chi connectivity index (χ1n) is 5.96. The first kappa shape index (κ1) is 19.2. The molecule has 1 N–H and O–H groups in total. The predicted octanol–water partition coefficient (Wildman–Crippen LogP) is 4.52. The Hall–Kier alpha value is -1.80. The van der Waals surface area contributed by atoms with E-state index in [-0.39, 0.29) is 25.8 Å². The molecule has 0 spiro atoms. The standard InChI is InChI=1S/C8H6BrFO2.C7H4BrFO2/c1-12-8-5(4-11)2-3-6(9)7(8)10;8-5-2-1-4(3-10)7(11)6(5)9/h2-4H,1H3;1-3,11H. The molecule has 4 nitrogen and oxygen atoms in total. The highest BCUT2D eigenvalue weighted by Gasteiger charge is 2.11. The van der Waals surface area contributed by atoms with Gasteiger partial charge in [0.1, 0.15) is 0 Å². The highest BCUT2D eigenvalue weighted by molar-refractivity contribution is 9.10. The molecule has 0 aliphatic heterocycles. The van der Waals surface area contributed by atoms with Gasteiger partial charge in [0, 0.05) is 0 Å². The van der Waals surface area contributed by atoms with Crippen LogP contribution in [0.2, 0.25) is 0 Å². The van der Waals surface area contributed by atoms with Gasteiger partial charge in [0.2, 0.25) is 0 Å². The minimum Gasteiger partial charge on any atom is -0.504 e. The Morgan fingerprint density at radius 2 is 1.43 bits per heavy atom. The van der Waals surface area contributed by atoms with Crippen LogP contribution in [0.4, 0.5) is 8.78 Å². The Kier molecular flexibility index (Phi) is 7.31. The summed E-state index contributed by atoms with van der Waals surface area (Å²) in [5.74, 6) is -2.01. The maximum absolute atomic E-state index is 13.1. The van der Waals surface area contributed by atoms with E-state index in [2.05, 4.69) is 31.9 Å². The van der Waals surface area contributed by atoms with E-state index < -0.39 is 17.4 Å². The smallest absolute Gasteiger partial charge is 0.179 e. The number of halogens is 4. The van der Waals surface area contributed by atoms with E-state index in [0.29, 0.717) is 12.6 Å². The average Bonchev–Trinajstić information content (AvgIpc) is 2.56. The molecule has 8 heteroatoms. The molecule has 2 rings (SSSR count). The van der Waals surface area contributed by atoms with Crippen molar-refractivity contribution in [1.82, 2.24) is 0 Å². The van der Waals surface area contributed by atoms with E-state index in [1.54, 1.807) is 0 Å². The van der Waals surface area contributed by atoms with Crippen molar-refractivity contribution < 1.29 is 28.2 Å². The lowest BCUT2D eigenvalue weighted by Crippen LogP contribution is -1.94. The van der Waals surface area contributed by atoms with E-state index in [1.165, 1.54) is 31.4 Å². The van der Waals surface area contributed by atoms with Crippen molar-refractivity contribution in [3.63, 3.8) is 0 Å². The summed E-state index contributed by atoms with van der Waals surface area (Å²) in [6, 6.07) is 5.63. The molecule has 0 radical (unpaired) electrons. The number of hydrogen-bond acceptors (Lipinski definition) is 4. The molecule has 0 aromatic heterocycles. The Balaban J connectivity index is 0.000000231. The fraction of sp³-hybridized carbons (Fsp3) is 0.0667. The summed E-state index contributed by atoms with van der Waals surface area (Å²) < 4.78 is 31.0. The number of ether oxygens (including phenoxy) is 1. The van der Waals surface area contributed by atoms with Crippen LogP contribution in [-0.2, 0) is 0 Å². The number of benzene rings is 2. The second-order valence-corrected chi connectivity index (χ2v) is 5.73. The molecule has 0 bridgehead atoms. The van der Waals surface area contributed by atoms with Crippen molar-refractivity contribution in [3.05, 3.63) is 56.0 Å². The molecule has 2 aromatic rings. The van der Waals surface area contributed by atoms with Crippen LogP contribution < -0.4 is 4.74 Å². The molecule has 0 fully saturated rings. The topological polar surface area (TPSA) is 63.6 Å². The molecule has 122 valence electrons. The highest BCUT2D eigenvalue weighted by Crippen LogP contribution is 2.28. The number of aromatic hydroxyl groups is 1. The molecule has 0 aliphatic rings. The van der Waals surface area contributed by atoms with E-state index in [4.69, 9.17) is 9.84 Å². The molecule has 0 amide bonds. The molecule has 2 aromatic carbocycles. The molecular weight excluding hydrogens is 442 g/mol. The van der Waals surface area contributed by atoms with E-state index >= 15 is 0 Å². The second kappa shape index (κ2) is 8.73. The van der Waals surface area contributed by atoms with E-state index in [0.717, 1.165) is 0 Å². The lowest BCUT2D eigenvalue weighted by atomic mass is 10.2. The Bertz CT molecular complexity index is 736. The van der Waals surface area contributed by atoms with Gasteiger partial charge < -0.3 is 9.84 Å². The Morgan fingerprint density at radius 1 is 0.957 bits per heavy atom. The Morgan fingerprint density at radius 3 is 1.91 bits per heavy atom. The molecule has 0 atom stereocenters. The van der Waals surface area contributed by atoms with Gasteiger partial charge in [-0.1, -0.05) is 0 Å². The maximum atomic E-state index is 13.1. The zero-order valence-corrected chi connectivity index (χ0v) is 14.8. The quantitative estimate of drug-likeness (QED) is 0.697. The molecule has 0 unspecified atom stereocenters. The van der Waals surface area contributed by atoms with Gasteiger partial charge in [0.25, 0.3) is 0 Å². The van der Waals surface area contributed by atoms with Crippen molar-refractivity contribution in [2.75, 3.05) is 7.11 Å². The summed E-state index contributed by atoms with van der Waals surface area (Å²) in [5, 5.41) is 8.94. The van der Waals surface area contributed by atoms with Crippen LogP contribution in [0.15, 0.2) is 33.2 Å². The number of methoxy groups -OCH3 is 1. The van der Waals surface area contributed by atoms with Gasteiger partial charge in [-0.15, -0.1) is 0 Å². The lowest BCUT2D eigenvalue weighted by molar-refractivity contribution is 0.111. The monoisotopic (exact) mass is 450 g/mol. The van der Waals surface area contributed by atoms with E-state index in [1.807, 2.05) is 0 Å². The number of carbonyl (C=O) groups excluding carboxylic acids is 2. The average molecular weight is 452 g/mol. The van der Waals surface area contributed by atoms with Crippen LogP contribution in [0.1, 0.15) is 20.7 Å². The van der Waals surface area contributed by atoms with Crippen molar-refractivity contribution in [2.45, 2.75) is 0 Å². The van der Waals surface area contributed by atoms with Gasteiger partial charge in [-0.2, -0.15) is 0 Å². The first-order chi connectivity index (χ1) is 10.9. The summed E-state index contributed by atoms with van der Waals surface area (Å²) in [6.45, 7) is 0. The second-order valence-electron chi connectivity index (χ2n) is 4.02. The van der Waals surface area contributed by atoms with Crippen molar-refractivity contribution >= 4 is 44.4 Å². The van der Waals surface area contributed by atoms with Crippen LogP contribution in [-0.4, -0.2) is 24.8 Å². The van der Waals surface area contributed by atoms with Crippen molar-refractivity contribution in [2.24, 2.45) is 0 Å². The first-order valence-corrected chi connectivity index (χ1v) is 7.55. The molecular formula is C15H10Br2F2O4. The normalized spacial score (nSPS) is 9.61. The van der Waals surface area contributed by atoms with Crippen LogP contribution in [0, 0.1) is 11.6 Å². The summed E-state index contributed by atoms with van der Waals surface area (Å²) in [5.41, 5.74) is 0.156. The minimum atomic E-state index is -0.811. The highest BCUT2D eigenvalue weighted by atomic mass is 79.9. The lowest BCUT2D eigenvalue weighted by Gasteiger charge is -2.05. The molecule has 23 heavy (non-hydrogen) atoms. The number of carbonyl (C=O) groups is 2. The van der Waals surface area contributed by atoms with Gasteiger partial charge in [0.05, 0.1) is 27.2 Å². The zero-order valence-electron chi connectivity index (χ0n) is 11.6. The van der Waals surface area contributed by atoms with Crippen LogP contribution in [0.25, 0.3) is 0 Å². The summed E-state index contributed by atoms with van der Waals surface area (Å²) >= 11 is 5.84. The third-order valence-electron chi connectivity index (χ3n) is 2.64. The SMILES string of the molecule is COc1c(C=O)ccc(Br)c1F.O=Cc1ccc(Br)c(F)c1O. The van der Waals surface area contributed by atoms with Crippen LogP contribution in [0.5, 0.6) is 11.5 Å². The number of rotatable bonds is 3. The van der Waals surface area contributed by atoms with Crippen LogP contribution in [0.3, 0.4) is 0 Å². The fourth-order valence-corrected chi connectivity index (χ4v) is 2.13. The van der Waals surface area contributed by atoms with Gasteiger partial charge in [-0.05, 0) is 56.1 Å². The molecule has 0 saturated heterocycles. The summed E-state index contributed by atoms with van der Waals surface area (Å²) in [7, 11) is 1.32. The number of phenols is 1. The van der Waals surface area contributed by atoms with Gasteiger partial charge in [-0.25, -0.2) is 8.78 Å². The van der Waals surface area contributed by atoms with Crippen molar-refractivity contribution in [3.8, 4) is 11.5 Å². The molecule has 0 saturated carbocycles. The maximum Gasteiger partial charge on any atom is 0.179 e. The number of hydrogen-bond donors (Lipinski definition) is 1. The van der Waals surface area contributed by atoms with Gasteiger partial charge in [0.15, 0.2) is 35.7 Å². The summed E-state index contributed by atoms with van der Waals surface area (Å²) in [4.78, 5) is 20.5. The van der Waals surface area contributed by atoms with Crippen molar-refractivity contribution in [1.29, 1.82) is 0 Å². The third kappa shape index (κ3) is 4.59. The van der Waals surface area contributed by atoms with Crippen LogP contribution >= 0.6 is 31.9 Å². The molecule has 0 heterocycles. The van der Waals surface area contributed by atoms with Gasteiger partial charge in [-0.3, -0.25) is 9.59 Å². The van der Waals surface area contributed by atoms with E-state index in [9.17, 15) is 18.4 Å². The number of phenolic OH excluding ortho intramolecular Hbond substituents is 1. The third-order valence-corrected chi connectivity index (χ3v) is 3.86. The Labute approximate surface area is 147 Å².